The average molecular weight is 226 g/mol. The Morgan fingerprint density at radius 2 is 2.27 bits per heavy atom. The van der Waals surface area contributed by atoms with E-state index >= 15 is 0 Å². The van der Waals surface area contributed by atoms with E-state index in [0.29, 0.717) is 15.1 Å². The minimum atomic E-state index is -0.804. The molecule has 1 aromatic heterocycles. The number of halogens is 1. The first-order valence-electron chi connectivity index (χ1n) is 4.14. The predicted octanol–water partition coefficient (Wildman–Crippen LogP) is 3.19. The molecule has 2 rings (SSSR count). The highest BCUT2D eigenvalue weighted by molar-refractivity contribution is 7.20. The van der Waals surface area contributed by atoms with E-state index in [1.165, 1.54) is 13.2 Å². The summed E-state index contributed by atoms with van der Waals surface area (Å²) in [4.78, 5) is 10.8. The van der Waals surface area contributed by atoms with Crippen LogP contribution in [0.5, 0.6) is 5.06 Å². The van der Waals surface area contributed by atoms with Gasteiger partial charge in [-0.3, -0.25) is 0 Å². The van der Waals surface area contributed by atoms with Gasteiger partial charge in [0, 0.05) is 6.07 Å². The van der Waals surface area contributed by atoms with E-state index in [-0.39, 0.29) is 5.82 Å². The van der Waals surface area contributed by atoms with Crippen LogP contribution in [0.25, 0.3) is 10.1 Å². The smallest absolute Gasteiger partial charge is 0.437 e. The summed E-state index contributed by atoms with van der Waals surface area (Å²) in [5.41, 5.74) is 0. The van der Waals surface area contributed by atoms with Crippen molar-refractivity contribution in [2.45, 2.75) is 0 Å². The summed E-state index contributed by atoms with van der Waals surface area (Å²) in [7, 11) is 1.22. The Balaban J connectivity index is 2.39. The summed E-state index contributed by atoms with van der Waals surface area (Å²) in [6.07, 6.45) is -0.804. The Bertz CT molecular complexity index is 506. The number of methoxy groups -OCH3 is 1. The quantitative estimate of drug-likeness (QED) is 0.700. The molecule has 0 saturated heterocycles. The molecule has 0 aliphatic carbocycles. The fourth-order valence-corrected chi connectivity index (χ4v) is 2.09. The molecule has 5 heteroatoms. The van der Waals surface area contributed by atoms with Crippen molar-refractivity contribution in [3.8, 4) is 5.06 Å². The first-order chi connectivity index (χ1) is 7.20. The van der Waals surface area contributed by atoms with Crippen LogP contribution >= 0.6 is 11.3 Å². The molecular formula is C10H7FO3S. The minimum absolute atomic E-state index is 0.321. The third-order valence-electron chi connectivity index (χ3n) is 1.82. The maximum atomic E-state index is 13.3. The lowest BCUT2D eigenvalue weighted by molar-refractivity contribution is 0.123. The zero-order valence-corrected chi connectivity index (χ0v) is 8.64. The van der Waals surface area contributed by atoms with E-state index in [9.17, 15) is 9.18 Å². The summed E-state index contributed by atoms with van der Waals surface area (Å²) in [6.45, 7) is 0. The van der Waals surface area contributed by atoms with Crippen LogP contribution in [0, 0.1) is 5.82 Å². The van der Waals surface area contributed by atoms with Crippen molar-refractivity contribution >= 4 is 27.6 Å². The third-order valence-corrected chi connectivity index (χ3v) is 2.86. The minimum Gasteiger partial charge on any atom is -0.437 e. The van der Waals surface area contributed by atoms with Crippen molar-refractivity contribution in [2.24, 2.45) is 0 Å². The van der Waals surface area contributed by atoms with Crippen LogP contribution in [0.4, 0.5) is 9.18 Å². The Morgan fingerprint density at radius 1 is 1.47 bits per heavy atom. The van der Waals surface area contributed by atoms with Crippen molar-refractivity contribution in [1.29, 1.82) is 0 Å². The second kappa shape index (κ2) is 3.86. The molecule has 0 aliphatic heterocycles. The molecule has 2 aromatic rings. The number of fused-ring (bicyclic) bond motifs is 1. The Morgan fingerprint density at radius 3 is 2.93 bits per heavy atom. The molecule has 78 valence electrons. The largest absolute Gasteiger partial charge is 0.514 e. The topological polar surface area (TPSA) is 35.5 Å². The number of benzene rings is 1. The van der Waals surface area contributed by atoms with Crippen LogP contribution in [0.1, 0.15) is 0 Å². The molecular weight excluding hydrogens is 219 g/mol. The summed E-state index contributed by atoms with van der Waals surface area (Å²) in [6, 6.07) is 6.31. The lowest BCUT2D eigenvalue weighted by Crippen LogP contribution is -2.05. The van der Waals surface area contributed by atoms with Crippen molar-refractivity contribution in [3.63, 3.8) is 0 Å². The predicted molar refractivity (Wildman–Crippen MR) is 54.8 cm³/mol. The van der Waals surface area contributed by atoms with Crippen LogP contribution in [-0.2, 0) is 4.74 Å². The average Bonchev–Trinajstić information content (AvgIpc) is 2.62. The molecule has 0 amide bonds. The van der Waals surface area contributed by atoms with Gasteiger partial charge in [-0.25, -0.2) is 9.18 Å². The van der Waals surface area contributed by atoms with E-state index in [1.54, 1.807) is 18.2 Å². The van der Waals surface area contributed by atoms with Crippen molar-refractivity contribution in [1.82, 2.24) is 0 Å². The SMILES string of the molecule is COC(=O)Oc1cc2cccc(F)c2s1. The van der Waals surface area contributed by atoms with Gasteiger partial charge >= 0.3 is 6.16 Å². The highest BCUT2D eigenvalue weighted by atomic mass is 32.1. The molecule has 3 nitrogen and oxygen atoms in total. The maximum Gasteiger partial charge on any atom is 0.514 e. The van der Waals surface area contributed by atoms with Crippen LogP contribution in [-0.4, -0.2) is 13.3 Å². The highest BCUT2D eigenvalue weighted by Crippen LogP contribution is 2.33. The van der Waals surface area contributed by atoms with Gasteiger partial charge in [-0.15, -0.1) is 0 Å². The summed E-state index contributed by atoms with van der Waals surface area (Å²) in [5.74, 6) is -0.322. The summed E-state index contributed by atoms with van der Waals surface area (Å²) >= 11 is 1.07. The lowest BCUT2D eigenvalue weighted by atomic mass is 10.2. The Hall–Kier alpha value is -1.62. The number of hydrogen-bond acceptors (Lipinski definition) is 4. The van der Waals surface area contributed by atoms with E-state index < -0.39 is 6.16 Å². The number of carbonyl (C=O) groups excluding carboxylic acids is 1. The number of thiophene rings is 1. The molecule has 0 radical (unpaired) electrons. The number of ether oxygens (including phenoxy) is 2. The van der Waals surface area contributed by atoms with Gasteiger partial charge in [0.05, 0.1) is 11.8 Å². The molecule has 1 aromatic carbocycles. The normalized spacial score (nSPS) is 10.3. The number of rotatable bonds is 1. The van der Waals surface area contributed by atoms with Crippen LogP contribution in [0.2, 0.25) is 0 Å². The molecule has 0 fully saturated rings. The molecule has 0 atom stereocenters. The van der Waals surface area contributed by atoms with Gasteiger partial charge < -0.3 is 9.47 Å². The second-order valence-corrected chi connectivity index (χ2v) is 3.79. The van der Waals surface area contributed by atoms with Gasteiger partial charge in [-0.05, 0) is 11.5 Å². The van der Waals surface area contributed by atoms with Crippen molar-refractivity contribution < 1.29 is 18.7 Å². The molecule has 0 spiro atoms. The fourth-order valence-electron chi connectivity index (χ4n) is 1.18. The summed E-state index contributed by atoms with van der Waals surface area (Å²) < 4.78 is 22.9. The second-order valence-electron chi connectivity index (χ2n) is 2.78. The van der Waals surface area contributed by atoms with Gasteiger partial charge in [0.15, 0.2) is 5.06 Å². The van der Waals surface area contributed by atoms with Crippen LogP contribution < -0.4 is 4.74 Å². The van der Waals surface area contributed by atoms with Gasteiger partial charge in [0.2, 0.25) is 0 Å². The van der Waals surface area contributed by atoms with Gasteiger partial charge in [0.25, 0.3) is 0 Å². The molecule has 0 bridgehead atoms. The maximum absolute atomic E-state index is 13.3. The zero-order chi connectivity index (χ0) is 10.8. The monoisotopic (exact) mass is 226 g/mol. The van der Waals surface area contributed by atoms with Crippen LogP contribution in [0.3, 0.4) is 0 Å². The standard InChI is InChI=1S/C10H7FO3S/c1-13-10(12)14-8-5-6-3-2-4-7(11)9(6)15-8/h2-5H,1H3. The molecule has 1 heterocycles. The molecule has 0 unspecified atom stereocenters. The van der Waals surface area contributed by atoms with E-state index in [1.807, 2.05) is 0 Å². The van der Waals surface area contributed by atoms with Crippen LogP contribution in [0.15, 0.2) is 24.3 Å². The first-order valence-corrected chi connectivity index (χ1v) is 4.96. The molecule has 15 heavy (non-hydrogen) atoms. The fraction of sp³-hybridized carbons (Fsp3) is 0.100. The lowest BCUT2D eigenvalue weighted by Gasteiger charge is -1.96. The van der Waals surface area contributed by atoms with Gasteiger partial charge in [-0.1, -0.05) is 23.5 Å². The zero-order valence-electron chi connectivity index (χ0n) is 7.82. The van der Waals surface area contributed by atoms with E-state index in [2.05, 4.69) is 4.74 Å². The van der Waals surface area contributed by atoms with Crippen molar-refractivity contribution in [3.05, 3.63) is 30.1 Å². The van der Waals surface area contributed by atoms with Crippen molar-refractivity contribution in [2.75, 3.05) is 7.11 Å². The molecule has 0 aliphatic rings. The van der Waals surface area contributed by atoms with Gasteiger partial charge in [-0.2, -0.15) is 0 Å². The Labute approximate surface area is 89.0 Å². The molecule has 0 N–H and O–H groups in total. The van der Waals surface area contributed by atoms with Gasteiger partial charge in [0.1, 0.15) is 5.82 Å². The summed E-state index contributed by atoms with van der Waals surface area (Å²) in [5, 5.41) is 1.03. The first kappa shape index (κ1) is 9.92. The highest BCUT2D eigenvalue weighted by Gasteiger charge is 2.10. The van der Waals surface area contributed by atoms with E-state index in [4.69, 9.17) is 4.74 Å². The number of carbonyl (C=O) groups is 1. The van der Waals surface area contributed by atoms with E-state index in [0.717, 1.165) is 11.3 Å². The Kier molecular flexibility index (Phi) is 2.55. The molecule has 0 saturated carbocycles. The number of hydrogen-bond donors (Lipinski definition) is 0. The third kappa shape index (κ3) is 1.92.